The molecule has 14 heavy (non-hydrogen) atoms. The third kappa shape index (κ3) is 2.60. The first-order chi connectivity index (χ1) is 6.63. The van der Waals surface area contributed by atoms with E-state index in [0.717, 1.165) is 11.1 Å². The largest absolute Gasteiger partial charge is 0.274 e. The molecule has 1 aromatic carbocycles. The van der Waals surface area contributed by atoms with E-state index in [9.17, 15) is 4.79 Å². The second kappa shape index (κ2) is 4.43. The van der Waals surface area contributed by atoms with Crippen LogP contribution in [0, 0.1) is 25.3 Å². The molecule has 0 saturated heterocycles. The first-order valence-corrected chi connectivity index (χ1v) is 4.37. The Hall–Kier alpha value is -1.82. The van der Waals surface area contributed by atoms with Gasteiger partial charge in [0.15, 0.2) is 6.19 Å². The summed E-state index contributed by atoms with van der Waals surface area (Å²) < 4.78 is 0. The number of hydrogen-bond acceptors (Lipinski definition) is 2. The van der Waals surface area contributed by atoms with Gasteiger partial charge in [-0.3, -0.25) is 10.1 Å². The minimum absolute atomic E-state index is 0.259. The van der Waals surface area contributed by atoms with Crippen LogP contribution in [-0.2, 0) is 11.2 Å². The lowest BCUT2D eigenvalue weighted by atomic mass is 10.0. The Morgan fingerprint density at radius 3 is 2.71 bits per heavy atom. The van der Waals surface area contributed by atoms with Crippen LogP contribution in [0.4, 0.5) is 0 Å². The third-order valence-corrected chi connectivity index (χ3v) is 2.13. The van der Waals surface area contributed by atoms with Gasteiger partial charge in [-0.1, -0.05) is 18.2 Å². The van der Waals surface area contributed by atoms with E-state index in [-0.39, 0.29) is 12.3 Å². The van der Waals surface area contributed by atoms with E-state index < -0.39 is 0 Å². The van der Waals surface area contributed by atoms with Crippen molar-refractivity contribution in [1.82, 2.24) is 5.32 Å². The molecule has 1 rings (SSSR count). The number of nitrogens with zero attached hydrogens (tertiary/aromatic N) is 1. The van der Waals surface area contributed by atoms with Gasteiger partial charge < -0.3 is 0 Å². The Balaban J connectivity index is 2.74. The summed E-state index contributed by atoms with van der Waals surface area (Å²) in [5, 5.41) is 10.3. The van der Waals surface area contributed by atoms with Gasteiger partial charge in [-0.25, -0.2) is 0 Å². The summed E-state index contributed by atoms with van der Waals surface area (Å²) in [6.07, 6.45) is 1.87. The SMILES string of the molecule is Cc1ccc(CC(=O)NC#N)cc1C. The maximum Gasteiger partial charge on any atom is 0.237 e. The van der Waals surface area contributed by atoms with Crippen molar-refractivity contribution in [3.05, 3.63) is 34.9 Å². The number of carbonyl (C=O) groups is 1. The van der Waals surface area contributed by atoms with Crippen molar-refractivity contribution < 1.29 is 4.79 Å². The Morgan fingerprint density at radius 1 is 1.43 bits per heavy atom. The molecule has 0 radical (unpaired) electrons. The number of carbonyl (C=O) groups excluding carboxylic acids is 1. The number of amides is 1. The van der Waals surface area contributed by atoms with Gasteiger partial charge in [0.1, 0.15) is 0 Å². The lowest BCUT2D eigenvalue weighted by Crippen LogP contribution is -2.19. The van der Waals surface area contributed by atoms with E-state index in [4.69, 9.17) is 5.26 Å². The molecule has 1 aromatic rings. The number of rotatable bonds is 2. The fourth-order valence-corrected chi connectivity index (χ4v) is 1.21. The highest BCUT2D eigenvalue weighted by atomic mass is 16.1. The Labute approximate surface area is 83.4 Å². The van der Waals surface area contributed by atoms with E-state index in [1.807, 2.05) is 32.0 Å². The van der Waals surface area contributed by atoms with Crippen molar-refractivity contribution in [3.8, 4) is 6.19 Å². The predicted octanol–water partition coefficient (Wildman–Crippen LogP) is 1.44. The highest BCUT2D eigenvalue weighted by molar-refractivity contribution is 5.79. The molecule has 0 unspecified atom stereocenters. The van der Waals surface area contributed by atoms with Gasteiger partial charge in [0.25, 0.3) is 0 Å². The quantitative estimate of drug-likeness (QED) is 0.564. The minimum atomic E-state index is -0.268. The van der Waals surface area contributed by atoms with Crippen LogP contribution in [0.25, 0.3) is 0 Å². The molecular formula is C11H12N2O. The highest BCUT2D eigenvalue weighted by Crippen LogP contribution is 2.10. The fraction of sp³-hybridized carbons (Fsp3) is 0.273. The van der Waals surface area contributed by atoms with Gasteiger partial charge in [-0.2, -0.15) is 5.26 Å². The molecular weight excluding hydrogens is 176 g/mol. The van der Waals surface area contributed by atoms with Crippen molar-refractivity contribution in [1.29, 1.82) is 5.26 Å². The summed E-state index contributed by atoms with van der Waals surface area (Å²) in [5.74, 6) is -0.268. The Morgan fingerprint density at radius 2 is 2.14 bits per heavy atom. The zero-order chi connectivity index (χ0) is 10.6. The Bertz CT molecular complexity index is 391. The van der Waals surface area contributed by atoms with Gasteiger partial charge in [-0.15, -0.1) is 0 Å². The first-order valence-electron chi connectivity index (χ1n) is 4.37. The summed E-state index contributed by atoms with van der Waals surface area (Å²) in [4.78, 5) is 11.1. The summed E-state index contributed by atoms with van der Waals surface area (Å²) >= 11 is 0. The predicted molar refractivity (Wildman–Crippen MR) is 53.4 cm³/mol. The maximum atomic E-state index is 11.1. The zero-order valence-electron chi connectivity index (χ0n) is 8.29. The average molecular weight is 188 g/mol. The second-order valence-corrected chi connectivity index (χ2v) is 3.26. The topological polar surface area (TPSA) is 52.9 Å². The molecule has 3 heteroatoms. The van der Waals surface area contributed by atoms with Crippen LogP contribution in [0.15, 0.2) is 18.2 Å². The van der Waals surface area contributed by atoms with E-state index in [2.05, 4.69) is 5.32 Å². The smallest absolute Gasteiger partial charge is 0.237 e. The van der Waals surface area contributed by atoms with E-state index in [1.54, 1.807) is 6.19 Å². The molecule has 0 bridgehead atoms. The third-order valence-electron chi connectivity index (χ3n) is 2.13. The zero-order valence-corrected chi connectivity index (χ0v) is 8.29. The lowest BCUT2D eigenvalue weighted by Gasteiger charge is -2.03. The van der Waals surface area contributed by atoms with Crippen LogP contribution < -0.4 is 5.32 Å². The maximum absolute atomic E-state index is 11.1. The van der Waals surface area contributed by atoms with Crippen molar-refractivity contribution in [2.45, 2.75) is 20.3 Å². The molecule has 0 saturated carbocycles. The standard InChI is InChI=1S/C11H12N2O/c1-8-3-4-10(5-9(8)2)6-11(14)13-7-12/h3-5H,6H2,1-2H3,(H,13,14). The van der Waals surface area contributed by atoms with Crippen LogP contribution in [-0.4, -0.2) is 5.91 Å². The number of nitriles is 1. The molecule has 0 aliphatic rings. The van der Waals surface area contributed by atoms with Crippen molar-refractivity contribution in [3.63, 3.8) is 0 Å². The highest BCUT2D eigenvalue weighted by Gasteiger charge is 2.02. The number of benzene rings is 1. The molecule has 0 aliphatic carbocycles. The van der Waals surface area contributed by atoms with Gasteiger partial charge >= 0.3 is 0 Å². The van der Waals surface area contributed by atoms with Gasteiger partial charge in [-0.05, 0) is 30.5 Å². The molecule has 72 valence electrons. The second-order valence-electron chi connectivity index (χ2n) is 3.26. The molecule has 0 aliphatic heterocycles. The molecule has 1 N–H and O–H groups in total. The van der Waals surface area contributed by atoms with Crippen LogP contribution in [0.2, 0.25) is 0 Å². The summed E-state index contributed by atoms with van der Waals surface area (Å²) in [5.41, 5.74) is 3.29. The summed E-state index contributed by atoms with van der Waals surface area (Å²) in [7, 11) is 0. The molecule has 0 spiro atoms. The average Bonchev–Trinajstić information content (AvgIpc) is 2.12. The fourth-order valence-electron chi connectivity index (χ4n) is 1.21. The normalized spacial score (nSPS) is 9.21. The molecule has 1 amide bonds. The monoisotopic (exact) mass is 188 g/mol. The first kappa shape index (κ1) is 10.3. The molecule has 0 heterocycles. The van der Waals surface area contributed by atoms with Crippen molar-refractivity contribution >= 4 is 5.91 Å². The summed E-state index contributed by atoms with van der Waals surface area (Å²) in [6, 6.07) is 5.84. The number of aryl methyl sites for hydroxylation is 2. The molecule has 0 atom stereocenters. The van der Waals surface area contributed by atoms with Crippen LogP contribution >= 0.6 is 0 Å². The van der Waals surface area contributed by atoms with Gasteiger partial charge in [0.2, 0.25) is 5.91 Å². The van der Waals surface area contributed by atoms with Crippen LogP contribution in [0.5, 0.6) is 0 Å². The van der Waals surface area contributed by atoms with E-state index in [0.29, 0.717) is 0 Å². The Kier molecular flexibility index (Phi) is 3.24. The van der Waals surface area contributed by atoms with E-state index in [1.165, 1.54) is 5.56 Å². The van der Waals surface area contributed by atoms with E-state index >= 15 is 0 Å². The number of nitrogens with one attached hydrogen (secondary N) is 1. The van der Waals surface area contributed by atoms with Crippen LogP contribution in [0.3, 0.4) is 0 Å². The van der Waals surface area contributed by atoms with Crippen molar-refractivity contribution in [2.75, 3.05) is 0 Å². The molecule has 0 aromatic heterocycles. The molecule has 0 fully saturated rings. The lowest BCUT2D eigenvalue weighted by molar-refractivity contribution is -0.119. The van der Waals surface area contributed by atoms with Crippen LogP contribution in [0.1, 0.15) is 16.7 Å². The summed E-state index contributed by atoms with van der Waals surface area (Å²) in [6.45, 7) is 4.02. The van der Waals surface area contributed by atoms with Crippen molar-refractivity contribution in [2.24, 2.45) is 0 Å². The molecule has 3 nitrogen and oxygen atoms in total. The minimum Gasteiger partial charge on any atom is -0.274 e. The number of hydrogen-bond donors (Lipinski definition) is 1. The van der Waals surface area contributed by atoms with Gasteiger partial charge in [0.05, 0.1) is 6.42 Å². The van der Waals surface area contributed by atoms with Gasteiger partial charge in [0, 0.05) is 0 Å².